The molecule has 6 heteroatoms. The number of rotatable bonds is 2. The van der Waals surface area contributed by atoms with E-state index in [-0.39, 0.29) is 23.6 Å². The first-order valence-electron chi connectivity index (χ1n) is 6.37. The number of nitrogens with zero attached hydrogens (tertiary/aromatic N) is 2. The van der Waals surface area contributed by atoms with Crippen LogP contribution in [0, 0.1) is 5.92 Å². The van der Waals surface area contributed by atoms with E-state index in [9.17, 15) is 9.59 Å². The second kappa shape index (κ2) is 5.13. The monoisotopic (exact) mass is 287 g/mol. The predicted octanol–water partition coefficient (Wildman–Crippen LogP) is 2.56. The first-order valence-corrected chi connectivity index (χ1v) is 7.25. The average molecular weight is 287 g/mol. The van der Waals surface area contributed by atoms with Crippen LogP contribution in [0.5, 0.6) is 0 Å². The summed E-state index contributed by atoms with van der Waals surface area (Å²) in [5.74, 6) is 0.389. The molecule has 1 atom stereocenters. The van der Waals surface area contributed by atoms with E-state index in [1.165, 1.54) is 17.5 Å². The number of hydrogen-bond donors (Lipinski definition) is 1. The summed E-state index contributed by atoms with van der Waals surface area (Å²) in [5.41, 5.74) is 1.31. The van der Waals surface area contributed by atoms with Gasteiger partial charge in [0.05, 0.1) is 16.1 Å². The number of thiophene rings is 1. The van der Waals surface area contributed by atoms with Crippen LogP contribution in [-0.2, 0) is 6.42 Å². The van der Waals surface area contributed by atoms with Crippen molar-refractivity contribution in [1.29, 1.82) is 0 Å². The number of hydrogen-bond acceptors (Lipinski definition) is 5. The minimum atomic E-state index is -0.227. The highest BCUT2D eigenvalue weighted by atomic mass is 32.1. The predicted molar refractivity (Wildman–Crippen MR) is 76.1 cm³/mol. The number of fused-ring (bicyclic) bond motifs is 1. The van der Waals surface area contributed by atoms with Gasteiger partial charge in [-0.1, -0.05) is 13.0 Å². The Labute approximate surface area is 120 Å². The Hall–Kier alpha value is -2.08. The van der Waals surface area contributed by atoms with Crippen LogP contribution in [0.2, 0.25) is 0 Å². The van der Waals surface area contributed by atoms with Gasteiger partial charge in [-0.25, -0.2) is 9.97 Å². The number of aromatic nitrogens is 2. The molecule has 5 nitrogen and oxygen atoms in total. The number of amides is 1. The van der Waals surface area contributed by atoms with Gasteiger partial charge < -0.3 is 0 Å². The van der Waals surface area contributed by atoms with E-state index in [1.807, 2.05) is 18.4 Å². The first-order chi connectivity index (χ1) is 9.63. The van der Waals surface area contributed by atoms with Gasteiger partial charge in [-0.2, -0.15) is 0 Å². The minimum Gasteiger partial charge on any atom is -0.294 e. The van der Waals surface area contributed by atoms with Crippen molar-refractivity contribution in [2.24, 2.45) is 5.92 Å². The summed E-state index contributed by atoms with van der Waals surface area (Å²) in [5, 5.41) is 4.50. The highest BCUT2D eigenvalue weighted by Crippen LogP contribution is 2.24. The van der Waals surface area contributed by atoms with E-state index in [0.717, 1.165) is 12.1 Å². The zero-order valence-electron chi connectivity index (χ0n) is 10.9. The van der Waals surface area contributed by atoms with Gasteiger partial charge in [0.2, 0.25) is 5.95 Å². The molecule has 0 spiro atoms. The van der Waals surface area contributed by atoms with Crippen LogP contribution in [0.3, 0.4) is 0 Å². The molecule has 102 valence electrons. The van der Waals surface area contributed by atoms with Crippen molar-refractivity contribution in [2.45, 2.75) is 19.8 Å². The van der Waals surface area contributed by atoms with E-state index in [1.54, 1.807) is 6.07 Å². The van der Waals surface area contributed by atoms with Crippen LogP contribution in [0.1, 0.15) is 39.1 Å². The van der Waals surface area contributed by atoms with E-state index < -0.39 is 0 Å². The Morgan fingerprint density at radius 2 is 2.30 bits per heavy atom. The summed E-state index contributed by atoms with van der Waals surface area (Å²) in [6, 6.07) is 3.55. The molecule has 2 aromatic rings. The smallest absolute Gasteiger partial charge is 0.268 e. The van der Waals surface area contributed by atoms with Crippen LogP contribution in [0.15, 0.2) is 23.7 Å². The van der Waals surface area contributed by atoms with Crippen molar-refractivity contribution in [1.82, 2.24) is 9.97 Å². The minimum absolute atomic E-state index is 0.0786. The molecular formula is C14H13N3O2S. The lowest BCUT2D eigenvalue weighted by Gasteiger charge is -2.19. The van der Waals surface area contributed by atoms with E-state index in [4.69, 9.17) is 0 Å². The molecule has 3 rings (SSSR count). The van der Waals surface area contributed by atoms with Gasteiger partial charge in [0.25, 0.3) is 5.91 Å². The molecular weight excluding hydrogens is 274 g/mol. The second-order valence-electron chi connectivity index (χ2n) is 4.92. The molecule has 20 heavy (non-hydrogen) atoms. The lowest BCUT2D eigenvalue weighted by atomic mass is 9.88. The zero-order chi connectivity index (χ0) is 14.1. The van der Waals surface area contributed by atoms with Gasteiger partial charge in [0.1, 0.15) is 0 Å². The van der Waals surface area contributed by atoms with Crippen LogP contribution >= 0.6 is 11.3 Å². The number of carbonyl (C=O) groups excluding carboxylic acids is 2. The molecule has 0 saturated carbocycles. The highest BCUT2D eigenvalue weighted by Gasteiger charge is 2.24. The van der Waals surface area contributed by atoms with Crippen molar-refractivity contribution in [3.05, 3.63) is 39.8 Å². The molecule has 2 heterocycles. The highest BCUT2D eigenvalue weighted by molar-refractivity contribution is 7.12. The summed E-state index contributed by atoms with van der Waals surface area (Å²) >= 11 is 1.36. The Morgan fingerprint density at radius 3 is 3.05 bits per heavy atom. The van der Waals surface area contributed by atoms with Crippen LogP contribution in [0.4, 0.5) is 5.95 Å². The van der Waals surface area contributed by atoms with Crippen molar-refractivity contribution in [3.63, 3.8) is 0 Å². The molecule has 0 saturated heterocycles. The van der Waals surface area contributed by atoms with Gasteiger partial charge in [-0.15, -0.1) is 11.3 Å². The second-order valence-corrected chi connectivity index (χ2v) is 5.87. The van der Waals surface area contributed by atoms with Gasteiger partial charge in [-0.3, -0.25) is 14.9 Å². The quantitative estimate of drug-likeness (QED) is 0.921. The Bertz CT molecular complexity index is 667. The maximum Gasteiger partial charge on any atom is 0.268 e. The SMILES string of the molecule is CC1CC(=O)c2cnc(NC(=O)c3cccs3)nc2C1. The van der Waals surface area contributed by atoms with Crippen LogP contribution in [-0.4, -0.2) is 21.7 Å². The Morgan fingerprint density at radius 1 is 1.45 bits per heavy atom. The van der Waals surface area contributed by atoms with Gasteiger partial charge in [0.15, 0.2) is 5.78 Å². The number of ketones is 1. The van der Waals surface area contributed by atoms with E-state index >= 15 is 0 Å². The molecule has 0 bridgehead atoms. The third kappa shape index (κ3) is 2.46. The van der Waals surface area contributed by atoms with Crippen LogP contribution < -0.4 is 5.32 Å². The molecule has 0 fully saturated rings. The van der Waals surface area contributed by atoms with Crippen LogP contribution in [0.25, 0.3) is 0 Å². The molecule has 1 amide bonds. The topological polar surface area (TPSA) is 72.0 Å². The molecule has 0 aromatic carbocycles. The summed E-state index contributed by atoms with van der Waals surface area (Å²) < 4.78 is 0. The molecule has 1 aliphatic rings. The summed E-state index contributed by atoms with van der Waals surface area (Å²) in [6.45, 7) is 2.02. The summed E-state index contributed by atoms with van der Waals surface area (Å²) in [6.07, 6.45) is 2.79. The first kappa shape index (κ1) is 12.9. The third-order valence-electron chi connectivity index (χ3n) is 3.21. The maximum absolute atomic E-state index is 11.9. The summed E-state index contributed by atoms with van der Waals surface area (Å²) in [4.78, 5) is 32.7. The van der Waals surface area contributed by atoms with Crippen molar-refractivity contribution < 1.29 is 9.59 Å². The van der Waals surface area contributed by atoms with Crippen molar-refractivity contribution in [3.8, 4) is 0 Å². The maximum atomic E-state index is 11.9. The fourth-order valence-corrected chi connectivity index (χ4v) is 2.88. The lowest BCUT2D eigenvalue weighted by Crippen LogP contribution is -2.21. The molecule has 1 unspecified atom stereocenters. The van der Waals surface area contributed by atoms with E-state index in [2.05, 4.69) is 15.3 Å². The molecule has 1 aliphatic carbocycles. The number of Topliss-reactive ketones (excluding diaryl/α,β-unsaturated/α-hetero) is 1. The summed E-state index contributed by atoms with van der Waals surface area (Å²) in [7, 11) is 0. The van der Waals surface area contributed by atoms with Crippen molar-refractivity contribution >= 4 is 29.0 Å². The molecule has 0 radical (unpaired) electrons. The third-order valence-corrected chi connectivity index (χ3v) is 4.08. The Balaban J connectivity index is 1.84. The lowest BCUT2D eigenvalue weighted by molar-refractivity contribution is 0.0951. The zero-order valence-corrected chi connectivity index (χ0v) is 11.7. The van der Waals surface area contributed by atoms with Gasteiger partial charge in [-0.05, 0) is 23.8 Å². The van der Waals surface area contributed by atoms with Gasteiger partial charge in [0, 0.05) is 12.6 Å². The number of carbonyl (C=O) groups is 2. The normalized spacial score (nSPS) is 17.6. The molecule has 0 aliphatic heterocycles. The largest absolute Gasteiger partial charge is 0.294 e. The van der Waals surface area contributed by atoms with E-state index in [0.29, 0.717) is 16.9 Å². The fourth-order valence-electron chi connectivity index (χ4n) is 2.27. The fraction of sp³-hybridized carbons (Fsp3) is 0.286. The Kier molecular flexibility index (Phi) is 3.31. The van der Waals surface area contributed by atoms with Crippen molar-refractivity contribution in [2.75, 3.05) is 5.32 Å². The number of anilines is 1. The standard InChI is InChI=1S/C14H13N3O2S/c1-8-5-10-9(11(18)6-8)7-15-14(16-10)17-13(19)12-3-2-4-20-12/h2-4,7-8H,5-6H2,1H3,(H,15,16,17,19). The van der Waals surface area contributed by atoms with Gasteiger partial charge >= 0.3 is 0 Å². The average Bonchev–Trinajstić information content (AvgIpc) is 2.91. The molecule has 2 aromatic heterocycles. The molecule has 1 N–H and O–H groups in total. The number of nitrogens with one attached hydrogen (secondary N) is 1.